The number of fused-ring (bicyclic) bond motifs is 8. The van der Waals surface area contributed by atoms with Gasteiger partial charge >= 0.3 is 0 Å². The lowest BCUT2D eigenvalue weighted by atomic mass is 9.78. The third kappa shape index (κ3) is 4.33. The molecule has 7 aromatic carbocycles. The molecule has 0 saturated carbocycles. The van der Waals surface area contributed by atoms with Crippen molar-refractivity contribution in [1.29, 1.82) is 0 Å². The first-order chi connectivity index (χ1) is 23.1. The van der Waals surface area contributed by atoms with Gasteiger partial charge in [-0.05, 0) is 61.5 Å². The van der Waals surface area contributed by atoms with Crippen LogP contribution in [0.4, 0.5) is 0 Å². The van der Waals surface area contributed by atoms with Crippen LogP contribution in [0, 0.1) is 0 Å². The highest BCUT2D eigenvalue weighted by atomic mass is 14.9. The molecule has 9 rings (SSSR count). The van der Waals surface area contributed by atoms with E-state index in [4.69, 9.17) is 9.97 Å². The summed E-state index contributed by atoms with van der Waals surface area (Å²) in [7, 11) is 0. The van der Waals surface area contributed by atoms with Crippen molar-refractivity contribution in [3.05, 3.63) is 169 Å². The lowest BCUT2D eigenvalue weighted by Gasteiger charge is -2.25. The van der Waals surface area contributed by atoms with Crippen LogP contribution in [0.1, 0.15) is 25.0 Å². The van der Waals surface area contributed by atoms with Gasteiger partial charge < -0.3 is 0 Å². The van der Waals surface area contributed by atoms with Gasteiger partial charge in [0.1, 0.15) is 0 Å². The van der Waals surface area contributed by atoms with Crippen molar-refractivity contribution in [2.24, 2.45) is 0 Å². The fourth-order valence-electron chi connectivity index (χ4n) is 7.68. The van der Waals surface area contributed by atoms with Gasteiger partial charge in [0.25, 0.3) is 0 Å². The maximum absolute atomic E-state index is 5.49. The molecule has 1 aliphatic carbocycles. The van der Waals surface area contributed by atoms with Crippen LogP contribution in [0.5, 0.6) is 0 Å². The summed E-state index contributed by atoms with van der Waals surface area (Å²) in [5, 5.41) is 5.06. The molecule has 0 N–H and O–H groups in total. The molecule has 222 valence electrons. The SMILES string of the molecule is CC1(C)c2c(-c3ccccc3)nc(-c3cccc(-c4cccc(-c5ccccc5)c4)c3)nc2-c2c1c1ccccc1c1ccccc21. The zero-order chi connectivity index (χ0) is 31.5. The third-order valence-corrected chi connectivity index (χ3v) is 9.80. The lowest BCUT2D eigenvalue weighted by molar-refractivity contribution is 0.664. The van der Waals surface area contributed by atoms with Crippen molar-refractivity contribution >= 4 is 21.5 Å². The molecule has 47 heavy (non-hydrogen) atoms. The quantitative estimate of drug-likeness (QED) is 0.188. The summed E-state index contributed by atoms with van der Waals surface area (Å²) in [6.45, 7) is 4.68. The molecule has 0 unspecified atom stereocenters. The molecule has 8 aromatic rings. The van der Waals surface area contributed by atoms with E-state index in [0.29, 0.717) is 0 Å². The summed E-state index contributed by atoms with van der Waals surface area (Å²) in [6.07, 6.45) is 0. The number of nitrogens with zero attached hydrogens (tertiary/aromatic N) is 2. The third-order valence-electron chi connectivity index (χ3n) is 9.80. The first-order valence-corrected chi connectivity index (χ1v) is 16.3. The summed E-state index contributed by atoms with van der Waals surface area (Å²) in [5.41, 5.74) is 12.3. The lowest BCUT2D eigenvalue weighted by Crippen LogP contribution is -2.18. The normalized spacial score (nSPS) is 13.1. The molecule has 0 fully saturated rings. The average molecular weight is 601 g/mol. The van der Waals surface area contributed by atoms with Gasteiger partial charge in [0, 0.05) is 27.7 Å². The molecule has 1 aliphatic rings. The van der Waals surface area contributed by atoms with Gasteiger partial charge in [0.15, 0.2) is 5.82 Å². The van der Waals surface area contributed by atoms with E-state index in [2.05, 4.69) is 172 Å². The Kier molecular flexibility index (Phi) is 6.20. The second-order valence-electron chi connectivity index (χ2n) is 13.0. The van der Waals surface area contributed by atoms with Gasteiger partial charge in [-0.1, -0.05) is 159 Å². The van der Waals surface area contributed by atoms with Crippen LogP contribution in [0.2, 0.25) is 0 Å². The van der Waals surface area contributed by atoms with Crippen molar-refractivity contribution in [3.63, 3.8) is 0 Å². The molecule has 0 aliphatic heterocycles. The molecule has 0 radical (unpaired) electrons. The molecule has 0 amide bonds. The maximum atomic E-state index is 5.49. The second-order valence-corrected chi connectivity index (χ2v) is 13.0. The predicted octanol–water partition coefficient (Wildman–Crippen LogP) is 11.8. The molecular weight excluding hydrogens is 569 g/mol. The monoisotopic (exact) mass is 600 g/mol. The van der Waals surface area contributed by atoms with E-state index in [1.807, 2.05) is 0 Å². The van der Waals surface area contributed by atoms with E-state index in [0.717, 1.165) is 33.9 Å². The van der Waals surface area contributed by atoms with Gasteiger partial charge in [0.05, 0.1) is 11.4 Å². The zero-order valence-electron chi connectivity index (χ0n) is 26.4. The number of hydrogen-bond acceptors (Lipinski definition) is 2. The molecule has 1 heterocycles. The van der Waals surface area contributed by atoms with E-state index >= 15 is 0 Å². The fraction of sp³-hybridized carbons (Fsp3) is 0.0667. The minimum absolute atomic E-state index is 0.308. The highest BCUT2D eigenvalue weighted by Gasteiger charge is 2.42. The molecule has 1 aromatic heterocycles. The molecule has 0 bridgehead atoms. The van der Waals surface area contributed by atoms with Crippen LogP contribution >= 0.6 is 0 Å². The molecule has 2 heteroatoms. The van der Waals surface area contributed by atoms with Gasteiger partial charge in [-0.3, -0.25) is 0 Å². The summed E-state index contributed by atoms with van der Waals surface area (Å²) < 4.78 is 0. The van der Waals surface area contributed by atoms with E-state index in [-0.39, 0.29) is 5.41 Å². The van der Waals surface area contributed by atoms with E-state index < -0.39 is 0 Å². The Hall–Kier alpha value is -5.86. The van der Waals surface area contributed by atoms with Crippen LogP contribution in [0.15, 0.2) is 158 Å². The van der Waals surface area contributed by atoms with Crippen LogP contribution < -0.4 is 0 Å². The van der Waals surface area contributed by atoms with E-state index in [1.54, 1.807) is 0 Å². The van der Waals surface area contributed by atoms with Crippen molar-refractivity contribution in [2.45, 2.75) is 19.3 Å². The Morgan fingerprint density at radius 1 is 0.362 bits per heavy atom. The topological polar surface area (TPSA) is 25.8 Å². The van der Waals surface area contributed by atoms with Gasteiger partial charge in [-0.15, -0.1) is 0 Å². The Labute approximate surface area is 275 Å². The van der Waals surface area contributed by atoms with Crippen LogP contribution in [0.3, 0.4) is 0 Å². The predicted molar refractivity (Wildman–Crippen MR) is 196 cm³/mol. The zero-order valence-corrected chi connectivity index (χ0v) is 26.4. The minimum atomic E-state index is -0.308. The smallest absolute Gasteiger partial charge is 0.160 e. The fourth-order valence-corrected chi connectivity index (χ4v) is 7.68. The van der Waals surface area contributed by atoms with Gasteiger partial charge in [-0.2, -0.15) is 0 Å². The Morgan fingerprint density at radius 2 is 0.809 bits per heavy atom. The number of hydrogen-bond donors (Lipinski definition) is 0. The molecule has 2 nitrogen and oxygen atoms in total. The molecule has 0 atom stereocenters. The standard InChI is InChI=1S/C45H32N2/c1-45(2)40-38-26-12-10-24-36(38)35-23-9-11-25-37(35)39(40)43-41(45)42(30-17-7-4-8-18-30)46-44(47-43)34-22-14-21-33(28-34)32-20-13-19-31(27-32)29-15-5-3-6-16-29/h3-28H,1-2H3. The number of benzene rings is 7. The summed E-state index contributed by atoms with van der Waals surface area (Å²) in [6, 6.07) is 56.2. The molecule has 0 spiro atoms. The van der Waals surface area contributed by atoms with Crippen molar-refractivity contribution < 1.29 is 0 Å². The first kappa shape index (κ1) is 27.5. The Balaban J connectivity index is 1.30. The van der Waals surface area contributed by atoms with Gasteiger partial charge in [-0.25, -0.2) is 9.97 Å². The highest BCUT2D eigenvalue weighted by Crippen LogP contribution is 2.56. The van der Waals surface area contributed by atoms with Crippen molar-refractivity contribution in [2.75, 3.05) is 0 Å². The van der Waals surface area contributed by atoms with E-state index in [9.17, 15) is 0 Å². The van der Waals surface area contributed by atoms with Crippen LogP contribution in [-0.2, 0) is 5.41 Å². The minimum Gasteiger partial charge on any atom is -0.228 e. The van der Waals surface area contributed by atoms with Crippen LogP contribution in [-0.4, -0.2) is 9.97 Å². The maximum Gasteiger partial charge on any atom is 0.160 e. The molecule has 0 saturated heterocycles. The Bertz CT molecular complexity index is 2480. The number of rotatable bonds is 4. The average Bonchev–Trinajstić information content (AvgIpc) is 3.39. The van der Waals surface area contributed by atoms with E-state index in [1.165, 1.54) is 54.9 Å². The molecular formula is C45H32N2. The summed E-state index contributed by atoms with van der Waals surface area (Å²) in [5.74, 6) is 0.740. The Morgan fingerprint density at radius 3 is 1.47 bits per heavy atom. The summed E-state index contributed by atoms with van der Waals surface area (Å²) in [4.78, 5) is 10.9. The van der Waals surface area contributed by atoms with Gasteiger partial charge in [0.2, 0.25) is 0 Å². The largest absolute Gasteiger partial charge is 0.228 e. The van der Waals surface area contributed by atoms with Crippen LogP contribution in [0.25, 0.3) is 77.7 Å². The highest BCUT2D eigenvalue weighted by molar-refractivity contribution is 6.18. The first-order valence-electron chi connectivity index (χ1n) is 16.3. The number of aromatic nitrogens is 2. The van der Waals surface area contributed by atoms with Crippen molar-refractivity contribution in [3.8, 4) is 56.2 Å². The summed E-state index contributed by atoms with van der Waals surface area (Å²) >= 11 is 0. The van der Waals surface area contributed by atoms with Crippen molar-refractivity contribution in [1.82, 2.24) is 9.97 Å². The second kappa shape index (κ2) is 10.6.